The smallest absolute Gasteiger partial charge is 0.305 e. The van der Waals surface area contributed by atoms with Gasteiger partial charge in [-0.1, -0.05) is 0 Å². The predicted molar refractivity (Wildman–Crippen MR) is 69.3 cm³/mol. The second-order valence-electron chi connectivity index (χ2n) is 4.93. The molecule has 1 fully saturated rings. The van der Waals surface area contributed by atoms with Crippen LogP contribution >= 0.6 is 0 Å². The van der Waals surface area contributed by atoms with E-state index in [9.17, 15) is 9.90 Å². The first-order valence-electron chi connectivity index (χ1n) is 6.61. The van der Waals surface area contributed by atoms with Crippen molar-refractivity contribution < 1.29 is 14.6 Å². The molecule has 2 heterocycles. The van der Waals surface area contributed by atoms with Crippen LogP contribution in [0.3, 0.4) is 0 Å². The molecule has 1 aromatic heterocycles. The quantitative estimate of drug-likeness (QED) is 0.775. The maximum Gasteiger partial charge on any atom is 0.305 e. The molecule has 106 valence electrons. The van der Waals surface area contributed by atoms with Crippen molar-refractivity contribution in [2.75, 3.05) is 20.2 Å². The number of β-amino-alcohol motifs (C(OH)–C–C–N with tert-alkyl or cyclic N) is 1. The van der Waals surface area contributed by atoms with Crippen LogP contribution in [0.15, 0.2) is 12.4 Å². The molecule has 0 spiro atoms. The van der Waals surface area contributed by atoms with Crippen LogP contribution in [0.25, 0.3) is 0 Å². The first-order chi connectivity index (χ1) is 9.13. The van der Waals surface area contributed by atoms with Gasteiger partial charge in [-0.3, -0.25) is 9.69 Å². The van der Waals surface area contributed by atoms with Crippen molar-refractivity contribution in [1.82, 2.24) is 14.5 Å². The Morgan fingerprint density at radius 1 is 1.58 bits per heavy atom. The van der Waals surface area contributed by atoms with Gasteiger partial charge in [0.15, 0.2) is 0 Å². The minimum atomic E-state index is -0.468. The van der Waals surface area contributed by atoms with E-state index < -0.39 is 6.10 Å². The minimum Gasteiger partial charge on any atom is -0.469 e. The molecule has 0 amide bonds. The number of aliphatic hydroxyl groups excluding tert-OH is 1. The van der Waals surface area contributed by atoms with Crippen molar-refractivity contribution in [3.05, 3.63) is 18.2 Å². The summed E-state index contributed by atoms with van der Waals surface area (Å²) in [6.07, 6.45) is 3.55. The molecule has 2 rings (SSSR count). The van der Waals surface area contributed by atoms with Crippen molar-refractivity contribution in [2.24, 2.45) is 5.92 Å². The summed E-state index contributed by atoms with van der Waals surface area (Å²) >= 11 is 0. The molecule has 0 aromatic carbocycles. The zero-order valence-corrected chi connectivity index (χ0v) is 11.5. The van der Waals surface area contributed by atoms with E-state index in [0.29, 0.717) is 19.6 Å². The number of aryl methyl sites for hydroxylation is 1. The van der Waals surface area contributed by atoms with E-state index in [2.05, 4.69) is 26.1 Å². The third kappa shape index (κ3) is 3.33. The molecule has 6 heteroatoms. The number of hydrogen-bond acceptors (Lipinski definition) is 5. The fourth-order valence-electron chi connectivity index (χ4n) is 2.55. The average molecular weight is 267 g/mol. The number of imidazole rings is 1. The van der Waals surface area contributed by atoms with Gasteiger partial charge >= 0.3 is 5.97 Å². The average Bonchev–Trinajstić information content (AvgIpc) is 2.97. The van der Waals surface area contributed by atoms with Crippen molar-refractivity contribution >= 4 is 5.97 Å². The molecule has 0 saturated carbocycles. The molecular weight excluding hydrogens is 246 g/mol. The van der Waals surface area contributed by atoms with Gasteiger partial charge in [0.05, 0.1) is 26.2 Å². The Morgan fingerprint density at radius 2 is 2.37 bits per heavy atom. The Morgan fingerprint density at radius 3 is 3.05 bits per heavy atom. The number of methoxy groups -OCH3 is 1. The van der Waals surface area contributed by atoms with Crippen molar-refractivity contribution in [3.8, 4) is 0 Å². The van der Waals surface area contributed by atoms with E-state index in [1.807, 2.05) is 6.20 Å². The lowest BCUT2D eigenvalue weighted by molar-refractivity contribution is -0.142. The topological polar surface area (TPSA) is 67.6 Å². The van der Waals surface area contributed by atoms with Gasteiger partial charge in [0.1, 0.15) is 5.82 Å². The molecule has 1 N–H and O–H groups in total. The van der Waals surface area contributed by atoms with E-state index >= 15 is 0 Å². The van der Waals surface area contributed by atoms with Gasteiger partial charge < -0.3 is 14.4 Å². The molecule has 0 radical (unpaired) electrons. The fourth-order valence-corrected chi connectivity index (χ4v) is 2.55. The molecule has 1 aromatic rings. The second-order valence-corrected chi connectivity index (χ2v) is 4.93. The summed E-state index contributed by atoms with van der Waals surface area (Å²) < 4.78 is 6.74. The molecule has 1 aliphatic heterocycles. The van der Waals surface area contributed by atoms with Crippen LogP contribution in [0.4, 0.5) is 0 Å². The van der Waals surface area contributed by atoms with E-state index in [1.165, 1.54) is 7.11 Å². The highest BCUT2D eigenvalue weighted by Gasteiger charge is 2.33. The number of carbonyl (C=O) groups excluding carboxylic acids is 1. The summed E-state index contributed by atoms with van der Waals surface area (Å²) in [4.78, 5) is 17.7. The highest BCUT2D eigenvalue weighted by atomic mass is 16.5. The van der Waals surface area contributed by atoms with Gasteiger partial charge in [-0.05, 0) is 6.92 Å². The number of ether oxygens (including phenoxy) is 1. The van der Waals surface area contributed by atoms with Crippen LogP contribution < -0.4 is 0 Å². The number of hydrogen-bond donors (Lipinski definition) is 1. The van der Waals surface area contributed by atoms with E-state index in [4.69, 9.17) is 0 Å². The molecule has 1 saturated heterocycles. The van der Waals surface area contributed by atoms with Crippen molar-refractivity contribution in [2.45, 2.75) is 32.5 Å². The monoisotopic (exact) mass is 267 g/mol. The Kier molecular flexibility index (Phi) is 4.55. The fraction of sp³-hybridized carbons (Fsp3) is 0.692. The summed E-state index contributed by atoms with van der Waals surface area (Å²) in [7, 11) is 1.37. The Balaban J connectivity index is 1.92. The zero-order valence-electron chi connectivity index (χ0n) is 11.5. The van der Waals surface area contributed by atoms with Gasteiger partial charge in [-0.15, -0.1) is 0 Å². The van der Waals surface area contributed by atoms with E-state index in [1.54, 1.807) is 6.20 Å². The van der Waals surface area contributed by atoms with Crippen LogP contribution in [-0.2, 0) is 22.6 Å². The van der Waals surface area contributed by atoms with Gasteiger partial charge in [0, 0.05) is 37.9 Å². The molecular formula is C13H21N3O3. The number of esters is 1. The van der Waals surface area contributed by atoms with E-state index in [-0.39, 0.29) is 18.3 Å². The predicted octanol–water partition coefficient (Wildman–Crippen LogP) is 0.259. The number of aromatic nitrogens is 2. The summed E-state index contributed by atoms with van der Waals surface area (Å²) in [6.45, 7) is 4.95. The highest BCUT2D eigenvalue weighted by Crippen LogP contribution is 2.22. The zero-order chi connectivity index (χ0) is 13.8. The summed E-state index contributed by atoms with van der Waals surface area (Å²) in [5.41, 5.74) is 0. The molecule has 0 bridgehead atoms. The number of carbonyl (C=O) groups is 1. The number of nitrogens with zero attached hydrogens (tertiary/aromatic N) is 3. The lowest BCUT2D eigenvalue weighted by atomic mass is 10.0. The van der Waals surface area contributed by atoms with Crippen molar-refractivity contribution in [1.29, 1.82) is 0 Å². The molecule has 0 aliphatic carbocycles. The van der Waals surface area contributed by atoms with Crippen LogP contribution in [0.2, 0.25) is 0 Å². The van der Waals surface area contributed by atoms with Crippen LogP contribution in [0.1, 0.15) is 19.2 Å². The molecule has 2 atom stereocenters. The first kappa shape index (κ1) is 14.0. The standard InChI is InChI=1S/C13H21N3O3/c1-3-16-5-4-14-12(16)9-15-7-10(11(17)8-15)6-13(18)19-2/h4-5,10-11,17H,3,6-9H2,1-2H3/t10-,11-/m1/s1. The summed E-state index contributed by atoms with van der Waals surface area (Å²) in [5.74, 6) is 0.687. The van der Waals surface area contributed by atoms with Gasteiger partial charge in [-0.25, -0.2) is 4.98 Å². The summed E-state index contributed by atoms with van der Waals surface area (Å²) in [6, 6.07) is 0. The Bertz CT molecular complexity index is 433. The maximum atomic E-state index is 11.3. The molecule has 0 unspecified atom stereocenters. The van der Waals surface area contributed by atoms with Gasteiger partial charge in [0.2, 0.25) is 0 Å². The van der Waals surface area contributed by atoms with Crippen LogP contribution in [0.5, 0.6) is 0 Å². The second kappa shape index (κ2) is 6.16. The minimum absolute atomic E-state index is 0.0440. The SMILES string of the molecule is CCn1ccnc1CN1C[C@@H](CC(=O)OC)[C@H](O)C1. The molecule has 6 nitrogen and oxygen atoms in total. The van der Waals surface area contributed by atoms with Crippen LogP contribution in [-0.4, -0.2) is 51.8 Å². The lowest BCUT2D eigenvalue weighted by Crippen LogP contribution is -2.23. The molecule has 1 aliphatic rings. The number of rotatable bonds is 5. The third-order valence-electron chi connectivity index (χ3n) is 3.65. The Hall–Kier alpha value is -1.40. The van der Waals surface area contributed by atoms with Crippen LogP contribution in [0, 0.1) is 5.92 Å². The summed E-state index contributed by atoms with van der Waals surface area (Å²) in [5, 5.41) is 9.98. The van der Waals surface area contributed by atoms with Gasteiger partial charge in [0.25, 0.3) is 0 Å². The normalized spacial score (nSPS) is 23.7. The first-order valence-corrected chi connectivity index (χ1v) is 6.61. The van der Waals surface area contributed by atoms with Crippen molar-refractivity contribution in [3.63, 3.8) is 0 Å². The number of aliphatic hydroxyl groups is 1. The maximum absolute atomic E-state index is 11.3. The highest BCUT2D eigenvalue weighted by molar-refractivity contribution is 5.69. The third-order valence-corrected chi connectivity index (χ3v) is 3.65. The molecule has 19 heavy (non-hydrogen) atoms. The Labute approximate surface area is 113 Å². The lowest BCUT2D eigenvalue weighted by Gasteiger charge is -2.15. The number of likely N-dealkylation sites (tertiary alicyclic amines) is 1. The van der Waals surface area contributed by atoms with Gasteiger partial charge in [-0.2, -0.15) is 0 Å². The largest absolute Gasteiger partial charge is 0.469 e. The van der Waals surface area contributed by atoms with E-state index in [0.717, 1.165) is 12.4 Å².